The number of fused-ring (bicyclic) bond motifs is 1. The van der Waals surface area contributed by atoms with Crippen LogP contribution in [0.3, 0.4) is 0 Å². The second-order valence-electron chi connectivity index (χ2n) is 7.09. The van der Waals surface area contributed by atoms with Crippen LogP contribution in [0.5, 0.6) is 11.5 Å². The third kappa shape index (κ3) is 4.32. The van der Waals surface area contributed by atoms with Gasteiger partial charge in [0.2, 0.25) is 0 Å². The number of benzene rings is 1. The van der Waals surface area contributed by atoms with E-state index < -0.39 is 0 Å². The normalized spacial score (nSPS) is 22.0. The number of piperazine rings is 1. The zero-order valence-corrected chi connectivity index (χ0v) is 17.3. The van der Waals surface area contributed by atoms with Crippen molar-refractivity contribution < 1.29 is 14.0 Å². The van der Waals surface area contributed by atoms with Gasteiger partial charge in [-0.25, -0.2) is 0 Å². The molecule has 2 aliphatic rings. The quantitative estimate of drug-likeness (QED) is 0.818. The zero-order chi connectivity index (χ0) is 18.8. The Morgan fingerprint density at radius 2 is 2.21 bits per heavy atom. The van der Waals surface area contributed by atoms with Gasteiger partial charge in [0.05, 0.1) is 12.6 Å². The van der Waals surface area contributed by atoms with Gasteiger partial charge in [-0.15, -0.1) is 12.4 Å². The van der Waals surface area contributed by atoms with E-state index in [1.165, 1.54) is 5.56 Å². The van der Waals surface area contributed by atoms with Crippen molar-refractivity contribution in [3.8, 4) is 11.5 Å². The van der Waals surface area contributed by atoms with E-state index in [0.29, 0.717) is 18.3 Å². The summed E-state index contributed by atoms with van der Waals surface area (Å²) in [6, 6.07) is 4.24. The molecule has 3 heterocycles. The standard InChI is InChI=1S/C20H26N4O3.ClH/c1-4-25-17-11-15-9-13(2)26-18(15)10-14(17)5-6-19-22-20(23-27-19)16-12-21-7-8-24(16)3;/h5-6,10-11,13,16,21H,4,7-9,12H2,1-3H3;1H/b6-5+;. The summed E-state index contributed by atoms with van der Waals surface area (Å²) in [7, 11) is 2.08. The first-order chi connectivity index (χ1) is 13.1. The summed E-state index contributed by atoms with van der Waals surface area (Å²) in [6.07, 6.45) is 4.89. The van der Waals surface area contributed by atoms with Crippen molar-refractivity contribution in [2.45, 2.75) is 32.4 Å². The monoisotopic (exact) mass is 406 g/mol. The highest BCUT2D eigenvalue weighted by molar-refractivity contribution is 5.85. The maximum absolute atomic E-state index is 5.87. The van der Waals surface area contributed by atoms with Crippen molar-refractivity contribution >= 4 is 24.6 Å². The third-order valence-corrected chi connectivity index (χ3v) is 5.00. The highest BCUT2D eigenvalue weighted by atomic mass is 35.5. The molecule has 1 N–H and O–H groups in total. The first-order valence-electron chi connectivity index (χ1n) is 9.53. The second-order valence-corrected chi connectivity index (χ2v) is 7.09. The molecule has 0 spiro atoms. The molecule has 0 radical (unpaired) electrons. The molecule has 1 saturated heterocycles. The third-order valence-electron chi connectivity index (χ3n) is 5.00. The molecule has 1 aromatic carbocycles. The zero-order valence-electron chi connectivity index (χ0n) is 16.5. The van der Waals surface area contributed by atoms with Crippen LogP contribution in [0, 0.1) is 0 Å². The fourth-order valence-electron chi connectivity index (χ4n) is 3.57. The first kappa shape index (κ1) is 20.6. The second kappa shape index (κ2) is 8.94. The smallest absolute Gasteiger partial charge is 0.250 e. The number of likely N-dealkylation sites (N-methyl/N-ethyl adjacent to an activating group) is 1. The maximum Gasteiger partial charge on any atom is 0.250 e. The molecule has 2 aliphatic heterocycles. The van der Waals surface area contributed by atoms with E-state index in [1.807, 2.05) is 25.1 Å². The largest absolute Gasteiger partial charge is 0.493 e. The lowest BCUT2D eigenvalue weighted by Gasteiger charge is -2.30. The van der Waals surface area contributed by atoms with Gasteiger partial charge in [-0.2, -0.15) is 4.98 Å². The fourth-order valence-corrected chi connectivity index (χ4v) is 3.57. The Balaban J connectivity index is 0.00000225. The number of rotatable bonds is 5. The van der Waals surface area contributed by atoms with Crippen LogP contribution in [0.15, 0.2) is 16.7 Å². The number of hydrogen-bond acceptors (Lipinski definition) is 7. The van der Waals surface area contributed by atoms with Crippen LogP contribution in [-0.4, -0.2) is 54.4 Å². The predicted molar refractivity (Wildman–Crippen MR) is 110 cm³/mol. The van der Waals surface area contributed by atoms with Crippen molar-refractivity contribution in [2.24, 2.45) is 0 Å². The van der Waals surface area contributed by atoms with Crippen molar-refractivity contribution in [3.63, 3.8) is 0 Å². The molecule has 1 aromatic heterocycles. The number of ether oxygens (including phenoxy) is 2. The Kier molecular flexibility index (Phi) is 6.59. The molecule has 152 valence electrons. The molecule has 0 amide bonds. The van der Waals surface area contributed by atoms with Crippen molar-refractivity contribution in [1.82, 2.24) is 20.4 Å². The Morgan fingerprint density at radius 3 is 3.00 bits per heavy atom. The van der Waals surface area contributed by atoms with E-state index >= 15 is 0 Å². The first-order valence-corrected chi connectivity index (χ1v) is 9.53. The molecule has 0 saturated carbocycles. The van der Waals surface area contributed by atoms with Gasteiger partial charge in [0.15, 0.2) is 5.82 Å². The van der Waals surface area contributed by atoms with Crippen molar-refractivity contribution in [1.29, 1.82) is 0 Å². The Hall–Kier alpha value is -2.09. The Labute approximate surface area is 171 Å². The summed E-state index contributed by atoms with van der Waals surface area (Å²) < 4.78 is 17.1. The van der Waals surface area contributed by atoms with E-state index in [-0.39, 0.29) is 24.6 Å². The van der Waals surface area contributed by atoms with Crippen molar-refractivity contribution in [3.05, 3.63) is 35.0 Å². The molecule has 8 heteroatoms. The average Bonchev–Trinajstić information content (AvgIpc) is 3.26. The topological polar surface area (TPSA) is 72.7 Å². The summed E-state index contributed by atoms with van der Waals surface area (Å²) in [5.41, 5.74) is 2.14. The lowest BCUT2D eigenvalue weighted by molar-refractivity contribution is 0.190. The molecular formula is C20H27ClN4O3. The summed E-state index contributed by atoms with van der Waals surface area (Å²) in [4.78, 5) is 6.78. The highest BCUT2D eigenvalue weighted by Crippen LogP contribution is 2.36. The average molecular weight is 407 g/mol. The lowest BCUT2D eigenvalue weighted by Crippen LogP contribution is -2.44. The summed E-state index contributed by atoms with van der Waals surface area (Å²) in [5, 5.41) is 7.52. The summed E-state index contributed by atoms with van der Waals surface area (Å²) in [6.45, 7) is 7.45. The minimum atomic E-state index is 0. The van der Waals surface area contributed by atoms with E-state index in [0.717, 1.165) is 43.1 Å². The van der Waals surface area contributed by atoms with Crippen LogP contribution in [-0.2, 0) is 6.42 Å². The van der Waals surface area contributed by atoms with Crippen LogP contribution in [0.2, 0.25) is 0 Å². The summed E-state index contributed by atoms with van der Waals surface area (Å²) in [5.74, 6) is 2.97. The molecule has 2 aromatic rings. The number of nitrogens with one attached hydrogen (secondary N) is 1. The SMILES string of the molecule is CCOc1cc2c(cc1/C=C/c1nc(C3CNCCN3C)no1)OC(C)C2.Cl. The number of halogens is 1. The molecular weight excluding hydrogens is 380 g/mol. The van der Waals surface area contributed by atoms with E-state index in [9.17, 15) is 0 Å². The molecule has 2 atom stereocenters. The van der Waals surface area contributed by atoms with Gasteiger partial charge < -0.3 is 19.3 Å². The molecule has 1 fully saturated rings. The van der Waals surface area contributed by atoms with Gasteiger partial charge in [-0.3, -0.25) is 4.90 Å². The van der Waals surface area contributed by atoms with Gasteiger partial charge in [0.25, 0.3) is 5.89 Å². The Morgan fingerprint density at radius 1 is 1.36 bits per heavy atom. The predicted octanol–water partition coefficient (Wildman–Crippen LogP) is 2.96. The molecule has 2 unspecified atom stereocenters. The molecule has 7 nitrogen and oxygen atoms in total. The van der Waals surface area contributed by atoms with Gasteiger partial charge in [0, 0.05) is 43.3 Å². The minimum absolute atomic E-state index is 0. The number of aromatic nitrogens is 2. The molecule has 28 heavy (non-hydrogen) atoms. The highest BCUT2D eigenvalue weighted by Gasteiger charge is 2.25. The lowest BCUT2D eigenvalue weighted by atomic mass is 10.1. The fraction of sp³-hybridized carbons (Fsp3) is 0.500. The van der Waals surface area contributed by atoms with E-state index in [1.54, 1.807) is 0 Å². The van der Waals surface area contributed by atoms with Crippen LogP contribution >= 0.6 is 12.4 Å². The minimum Gasteiger partial charge on any atom is -0.493 e. The number of hydrogen-bond donors (Lipinski definition) is 1. The van der Waals surface area contributed by atoms with Gasteiger partial charge in [-0.05, 0) is 39.1 Å². The van der Waals surface area contributed by atoms with Gasteiger partial charge in [0.1, 0.15) is 17.6 Å². The maximum atomic E-state index is 5.87. The van der Waals surface area contributed by atoms with Crippen LogP contribution < -0.4 is 14.8 Å². The Bertz CT molecular complexity index is 839. The van der Waals surface area contributed by atoms with Crippen LogP contribution in [0.4, 0.5) is 0 Å². The molecule has 0 bridgehead atoms. The number of nitrogens with zero attached hydrogens (tertiary/aromatic N) is 3. The van der Waals surface area contributed by atoms with E-state index in [2.05, 4.69) is 40.4 Å². The van der Waals surface area contributed by atoms with Gasteiger partial charge >= 0.3 is 0 Å². The van der Waals surface area contributed by atoms with Crippen molar-refractivity contribution in [2.75, 3.05) is 33.3 Å². The summed E-state index contributed by atoms with van der Waals surface area (Å²) >= 11 is 0. The van der Waals surface area contributed by atoms with E-state index in [4.69, 9.17) is 14.0 Å². The van der Waals surface area contributed by atoms with Crippen LogP contribution in [0.25, 0.3) is 12.2 Å². The van der Waals surface area contributed by atoms with Crippen LogP contribution in [0.1, 0.15) is 42.7 Å². The van der Waals surface area contributed by atoms with Gasteiger partial charge in [-0.1, -0.05) is 5.16 Å². The molecule has 0 aliphatic carbocycles. The molecule has 4 rings (SSSR count).